The Balaban J connectivity index is 1.56. The molecule has 0 aromatic heterocycles. The number of benzene rings is 2. The largest absolute Gasteiger partial charge is 0.471 e. The van der Waals surface area contributed by atoms with Crippen LogP contribution in [0.1, 0.15) is 24.3 Å². The van der Waals surface area contributed by atoms with Crippen molar-refractivity contribution in [3.05, 3.63) is 54.1 Å². The first-order valence-electron chi connectivity index (χ1n) is 7.92. The van der Waals surface area contributed by atoms with Crippen LogP contribution in [0.5, 0.6) is 0 Å². The van der Waals surface area contributed by atoms with Crippen LogP contribution < -0.4 is 10.6 Å². The number of nitrogens with one attached hydrogen (secondary N) is 2. The number of carbonyl (C=O) groups excluding carboxylic acids is 1. The lowest BCUT2D eigenvalue weighted by atomic mass is 9.72. The van der Waals surface area contributed by atoms with Crippen LogP contribution in [0.15, 0.2) is 58.3 Å². The third-order valence-corrected chi connectivity index (χ3v) is 5.75. The third kappa shape index (κ3) is 2.86. The monoisotopic (exact) mass is 364 g/mol. The molecule has 1 saturated carbocycles. The van der Waals surface area contributed by atoms with E-state index < -0.39 is 17.7 Å². The van der Waals surface area contributed by atoms with Crippen molar-refractivity contribution in [2.24, 2.45) is 0 Å². The van der Waals surface area contributed by atoms with Crippen molar-refractivity contribution in [1.29, 1.82) is 0 Å². The Morgan fingerprint density at radius 3 is 2.56 bits per heavy atom. The van der Waals surface area contributed by atoms with Crippen LogP contribution in [0.2, 0.25) is 0 Å². The molecule has 1 heterocycles. The summed E-state index contributed by atoms with van der Waals surface area (Å²) < 4.78 is 37.8. The van der Waals surface area contributed by atoms with Crippen molar-refractivity contribution in [2.45, 2.75) is 40.4 Å². The summed E-state index contributed by atoms with van der Waals surface area (Å²) in [5.41, 5.74) is 0.752. The van der Waals surface area contributed by atoms with Gasteiger partial charge >= 0.3 is 12.1 Å². The van der Waals surface area contributed by atoms with E-state index in [1.807, 2.05) is 48.5 Å². The van der Waals surface area contributed by atoms with Crippen LogP contribution in [0, 0.1) is 0 Å². The Morgan fingerprint density at radius 1 is 1.16 bits per heavy atom. The fraction of sp³-hybridized carbons (Fsp3) is 0.278. The topological polar surface area (TPSA) is 41.1 Å². The van der Waals surface area contributed by atoms with Crippen LogP contribution in [0.3, 0.4) is 0 Å². The predicted octanol–water partition coefficient (Wildman–Crippen LogP) is 4.52. The minimum atomic E-state index is -4.88. The summed E-state index contributed by atoms with van der Waals surface area (Å²) in [6.45, 7) is 0. The van der Waals surface area contributed by atoms with Crippen molar-refractivity contribution in [2.75, 3.05) is 5.32 Å². The van der Waals surface area contributed by atoms with Crippen molar-refractivity contribution in [1.82, 2.24) is 5.32 Å². The number of fused-ring (bicyclic) bond motifs is 3. The Morgan fingerprint density at radius 2 is 1.92 bits per heavy atom. The molecule has 1 amide bonds. The Labute approximate surface area is 147 Å². The molecule has 0 saturated heterocycles. The highest BCUT2D eigenvalue weighted by Gasteiger charge is 2.56. The summed E-state index contributed by atoms with van der Waals surface area (Å²) in [4.78, 5) is 13.5. The number of halogens is 3. The zero-order valence-electron chi connectivity index (χ0n) is 13.1. The maximum Gasteiger partial charge on any atom is 0.471 e. The molecule has 2 aromatic carbocycles. The fourth-order valence-electron chi connectivity index (χ4n) is 3.48. The highest BCUT2D eigenvalue weighted by Crippen LogP contribution is 2.54. The average molecular weight is 364 g/mol. The molecule has 0 bridgehead atoms. The molecule has 4 rings (SSSR count). The van der Waals surface area contributed by atoms with Crippen LogP contribution in [-0.4, -0.2) is 17.7 Å². The predicted molar refractivity (Wildman–Crippen MR) is 89.5 cm³/mol. The van der Waals surface area contributed by atoms with Gasteiger partial charge in [-0.2, -0.15) is 13.2 Å². The molecule has 0 spiro atoms. The van der Waals surface area contributed by atoms with E-state index in [2.05, 4.69) is 10.6 Å². The molecule has 1 fully saturated rings. The molecule has 2 atom stereocenters. The van der Waals surface area contributed by atoms with Crippen LogP contribution in [0.25, 0.3) is 0 Å². The molecule has 3 nitrogen and oxygen atoms in total. The number of anilines is 1. The molecule has 1 aliphatic carbocycles. The number of alkyl halides is 3. The maximum absolute atomic E-state index is 12.6. The highest BCUT2D eigenvalue weighted by atomic mass is 32.2. The maximum atomic E-state index is 12.6. The van der Waals surface area contributed by atoms with Gasteiger partial charge in [0.15, 0.2) is 0 Å². The van der Waals surface area contributed by atoms with Gasteiger partial charge < -0.3 is 10.6 Å². The molecule has 2 aliphatic rings. The van der Waals surface area contributed by atoms with Crippen LogP contribution in [-0.2, 0) is 4.79 Å². The molecule has 2 aromatic rings. The first-order valence-corrected chi connectivity index (χ1v) is 8.73. The number of hydrogen-bond donors (Lipinski definition) is 2. The molecular weight excluding hydrogens is 349 g/mol. The molecule has 1 aliphatic heterocycles. The zero-order chi connectivity index (χ0) is 17.7. The molecule has 0 unspecified atom stereocenters. The van der Waals surface area contributed by atoms with E-state index in [0.717, 1.165) is 27.5 Å². The Bertz CT molecular complexity index is 825. The lowest BCUT2D eigenvalue weighted by molar-refractivity contribution is -0.176. The van der Waals surface area contributed by atoms with Gasteiger partial charge in [0.1, 0.15) is 5.66 Å². The Kier molecular flexibility index (Phi) is 3.72. The van der Waals surface area contributed by atoms with Crippen molar-refractivity contribution < 1.29 is 18.0 Å². The summed E-state index contributed by atoms with van der Waals surface area (Å²) in [6.07, 6.45) is -3.64. The van der Waals surface area contributed by atoms with E-state index in [0.29, 0.717) is 6.42 Å². The van der Waals surface area contributed by atoms with E-state index >= 15 is 0 Å². The van der Waals surface area contributed by atoms with Gasteiger partial charge in [0.25, 0.3) is 0 Å². The van der Waals surface area contributed by atoms with Crippen LogP contribution in [0.4, 0.5) is 18.9 Å². The van der Waals surface area contributed by atoms with Crippen LogP contribution >= 0.6 is 11.8 Å². The first kappa shape index (κ1) is 16.3. The number of rotatable bonds is 3. The highest BCUT2D eigenvalue weighted by molar-refractivity contribution is 7.99. The molecule has 7 heteroatoms. The lowest BCUT2D eigenvalue weighted by Crippen LogP contribution is -2.63. The van der Waals surface area contributed by atoms with Gasteiger partial charge in [0.2, 0.25) is 0 Å². The van der Waals surface area contributed by atoms with E-state index in [1.54, 1.807) is 11.8 Å². The summed E-state index contributed by atoms with van der Waals surface area (Å²) in [7, 11) is 0. The molecule has 2 N–H and O–H groups in total. The second kappa shape index (κ2) is 5.69. The van der Waals surface area contributed by atoms with Gasteiger partial charge in [-0.05, 0) is 42.7 Å². The molecule has 130 valence electrons. The Hall–Kier alpha value is -2.15. The van der Waals surface area contributed by atoms with Crippen molar-refractivity contribution >= 4 is 23.4 Å². The number of carbonyl (C=O) groups is 1. The lowest BCUT2D eigenvalue weighted by Gasteiger charge is -2.45. The standard InChI is InChI=1S/C18H15F3N2OS/c19-18(20,21)16(24)23-17-9-8-14(17)13-7-6-12(10-15(13)22-17)25-11-4-2-1-3-5-11/h1-7,10,14,22H,8-9H2,(H,23,24)/t14-,17+/m0/s1. The minimum Gasteiger partial charge on any atom is -0.362 e. The number of amides is 1. The van der Waals surface area contributed by atoms with E-state index in [-0.39, 0.29) is 5.92 Å². The van der Waals surface area contributed by atoms with E-state index in [9.17, 15) is 18.0 Å². The van der Waals surface area contributed by atoms with Crippen molar-refractivity contribution in [3.63, 3.8) is 0 Å². The normalized spacial score (nSPS) is 23.9. The van der Waals surface area contributed by atoms with Gasteiger partial charge in [0.05, 0.1) is 0 Å². The third-order valence-electron chi connectivity index (χ3n) is 4.75. The van der Waals surface area contributed by atoms with Gasteiger partial charge in [-0.25, -0.2) is 0 Å². The quantitative estimate of drug-likeness (QED) is 0.842. The SMILES string of the molecule is O=C(N[C@]12CC[C@H]1c1ccc(Sc3ccccc3)cc1N2)C(F)(F)F. The summed E-state index contributed by atoms with van der Waals surface area (Å²) in [5, 5.41) is 5.30. The zero-order valence-corrected chi connectivity index (χ0v) is 13.9. The van der Waals surface area contributed by atoms with Gasteiger partial charge in [-0.15, -0.1) is 0 Å². The summed E-state index contributed by atoms with van der Waals surface area (Å²) >= 11 is 1.59. The average Bonchev–Trinajstić information content (AvgIpc) is 2.75. The second-order valence-corrected chi connectivity index (χ2v) is 7.45. The van der Waals surface area contributed by atoms with E-state index in [1.165, 1.54) is 0 Å². The summed E-state index contributed by atoms with van der Waals surface area (Å²) in [6, 6.07) is 15.7. The molecular formula is C18H15F3N2OS. The molecule has 25 heavy (non-hydrogen) atoms. The van der Waals surface area contributed by atoms with Gasteiger partial charge in [0, 0.05) is 21.4 Å². The first-order chi connectivity index (χ1) is 11.9. The molecule has 0 radical (unpaired) electrons. The smallest absolute Gasteiger partial charge is 0.362 e. The van der Waals surface area contributed by atoms with E-state index in [4.69, 9.17) is 0 Å². The van der Waals surface area contributed by atoms with Gasteiger partial charge in [-0.1, -0.05) is 36.0 Å². The fourth-order valence-corrected chi connectivity index (χ4v) is 4.36. The van der Waals surface area contributed by atoms with Crippen molar-refractivity contribution in [3.8, 4) is 0 Å². The van der Waals surface area contributed by atoms with Gasteiger partial charge in [-0.3, -0.25) is 4.79 Å². The second-order valence-electron chi connectivity index (χ2n) is 6.30. The number of hydrogen-bond acceptors (Lipinski definition) is 3. The summed E-state index contributed by atoms with van der Waals surface area (Å²) in [5.74, 6) is -2.01. The minimum absolute atomic E-state index is 0.121.